The standard InChI is InChI=1S/C14H20N2O4/c1-10(2)9-16(7-8-20-3)13(17)11-5-4-6-12(15-11)14(18)19/h4-6,10H,7-9H2,1-3H3,(H,18,19). The molecule has 0 aliphatic carbocycles. The van der Waals surface area contributed by atoms with Crippen LogP contribution in [0.4, 0.5) is 0 Å². The molecule has 0 aromatic carbocycles. The van der Waals surface area contributed by atoms with Gasteiger partial charge in [0.2, 0.25) is 0 Å². The molecule has 1 rings (SSSR count). The summed E-state index contributed by atoms with van der Waals surface area (Å²) >= 11 is 0. The number of carbonyl (C=O) groups excluding carboxylic acids is 1. The van der Waals surface area contributed by atoms with Crippen LogP contribution in [0.25, 0.3) is 0 Å². The van der Waals surface area contributed by atoms with Crippen molar-refractivity contribution < 1.29 is 19.4 Å². The minimum absolute atomic E-state index is 0.132. The SMILES string of the molecule is COCCN(CC(C)C)C(=O)c1cccc(C(=O)O)n1. The summed E-state index contributed by atoms with van der Waals surface area (Å²) in [6.07, 6.45) is 0. The van der Waals surface area contributed by atoms with E-state index in [2.05, 4.69) is 4.98 Å². The Kier molecular flexibility index (Phi) is 6.11. The molecule has 0 atom stereocenters. The number of nitrogens with zero attached hydrogens (tertiary/aromatic N) is 2. The Bertz CT molecular complexity index is 474. The van der Waals surface area contributed by atoms with Crippen LogP contribution in [0, 0.1) is 5.92 Å². The van der Waals surface area contributed by atoms with E-state index in [4.69, 9.17) is 9.84 Å². The molecule has 1 N–H and O–H groups in total. The first kappa shape index (κ1) is 16.1. The summed E-state index contributed by atoms with van der Waals surface area (Å²) in [5.74, 6) is -1.12. The van der Waals surface area contributed by atoms with Gasteiger partial charge in [-0.25, -0.2) is 9.78 Å². The van der Waals surface area contributed by atoms with E-state index >= 15 is 0 Å². The molecule has 0 saturated heterocycles. The Morgan fingerprint density at radius 2 is 2.00 bits per heavy atom. The molecule has 1 heterocycles. The first-order chi connectivity index (χ1) is 9.45. The molecule has 1 aromatic rings. The highest BCUT2D eigenvalue weighted by atomic mass is 16.5. The second-order valence-corrected chi connectivity index (χ2v) is 4.85. The van der Waals surface area contributed by atoms with E-state index < -0.39 is 5.97 Å². The number of carboxylic acid groups (broad SMARTS) is 1. The summed E-state index contributed by atoms with van der Waals surface area (Å²) in [7, 11) is 1.57. The Labute approximate surface area is 118 Å². The monoisotopic (exact) mass is 280 g/mol. The zero-order valence-corrected chi connectivity index (χ0v) is 12.0. The number of hydrogen-bond donors (Lipinski definition) is 1. The van der Waals surface area contributed by atoms with Crippen LogP contribution in [-0.2, 0) is 4.74 Å². The highest BCUT2D eigenvalue weighted by Crippen LogP contribution is 2.07. The summed E-state index contributed by atoms with van der Waals surface area (Å²) in [5.41, 5.74) is 0.00809. The van der Waals surface area contributed by atoms with Gasteiger partial charge < -0.3 is 14.7 Å². The average Bonchev–Trinajstić information content (AvgIpc) is 2.42. The Morgan fingerprint density at radius 3 is 2.55 bits per heavy atom. The number of hydrogen-bond acceptors (Lipinski definition) is 4. The number of amides is 1. The largest absolute Gasteiger partial charge is 0.477 e. The molecule has 6 heteroatoms. The molecule has 0 aliphatic heterocycles. The van der Waals surface area contributed by atoms with Gasteiger partial charge in [0, 0.05) is 20.2 Å². The van der Waals surface area contributed by atoms with Gasteiger partial charge in [-0.1, -0.05) is 19.9 Å². The molecule has 0 unspecified atom stereocenters. The van der Waals surface area contributed by atoms with Crippen LogP contribution in [-0.4, -0.2) is 53.7 Å². The second-order valence-electron chi connectivity index (χ2n) is 4.85. The topological polar surface area (TPSA) is 79.7 Å². The lowest BCUT2D eigenvalue weighted by atomic mass is 10.2. The van der Waals surface area contributed by atoms with Crippen molar-refractivity contribution in [3.8, 4) is 0 Å². The maximum Gasteiger partial charge on any atom is 0.354 e. The third kappa shape index (κ3) is 4.62. The maximum absolute atomic E-state index is 12.4. The van der Waals surface area contributed by atoms with Crippen LogP contribution in [0.5, 0.6) is 0 Å². The van der Waals surface area contributed by atoms with Crippen molar-refractivity contribution in [2.75, 3.05) is 26.8 Å². The summed E-state index contributed by atoms with van der Waals surface area (Å²) in [6.45, 7) is 5.47. The number of ether oxygens (including phenoxy) is 1. The van der Waals surface area contributed by atoms with Gasteiger partial charge in [-0.2, -0.15) is 0 Å². The number of carbonyl (C=O) groups is 2. The first-order valence-electron chi connectivity index (χ1n) is 6.44. The van der Waals surface area contributed by atoms with E-state index in [1.54, 1.807) is 12.0 Å². The molecule has 20 heavy (non-hydrogen) atoms. The Hall–Kier alpha value is -1.95. The van der Waals surface area contributed by atoms with Gasteiger partial charge in [0.1, 0.15) is 11.4 Å². The number of methoxy groups -OCH3 is 1. The van der Waals surface area contributed by atoms with E-state index in [0.29, 0.717) is 25.6 Å². The van der Waals surface area contributed by atoms with Crippen molar-refractivity contribution in [2.24, 2.45) is 5.92 Å². The average molecular weight is 280 g/mol. The quantitative estimate of drug-likeness (QED) is 0.819. The van der Waals surface area contributed by atoms with Crippen LogP contribution in [0.1, 0.15) is 34.8 Å². The van der Waals surface area contributed by atoms with Crippen LogP contribution < -0.4 is 0 Å². The van der Waals surface area contributed by atoms with Gasteiger partial charge in [0.15, 0.2) is 0 Å². The van der Waals surface area contributed by atoms with Crippen molar-refractivity contribution in [2.45, 2.75) is 13.8 Å². The van der Waals surface area contributed by atoms with Crippen LogP contribution in [0.15, 0.2) is 18.2 Å². The van der Waals surface area contributed by atoms with E-state index in [-0.39, 0.29) is 17.3 Å². The number of aromatic nitrogens is 1. The van der Waals surface area contributed by atoms with E-state index in [9.17, 15) is 9.59 Å². The van der Waals surface area contributed by atoms with Crippen LogP contribution in [0.3, 0.4) is 0 Å². The van der Waals surface area contributed by atoms with Gasteiger partial charge >= 0.3 is 5.97 Å². The van der Waals surface area contributed by atoms with Crippen LogP contribution in [0.2, 0.25) is 0 Å². The molecule has 0 fully saturated rings. The molecule has 0 saturated carbocycles. The molecule has 0 aliphatic rings. The van der Waals surface area contributed by atoms with Crippen molar-refractivity contribution >= 4 is 11.9 Å². The lowest BCUT2D eigenvalue weighted by Gasteiger charge is -2.24. The molecular formula is C14H20N2O4. The van der Waals surface area contributed by atoms with Gasteiger partial charge in [-0.3, -0.25) is 4.79 Å². The Balaban J connectivity index is 2.92. The van der Waals surface area contributed by atoms with Crippen LogP contribution >= 0.6 is 0 Å². The number of carboxylic acids is 1. The van der Waals surface area contributed by atoms with Crippen molar-refractivity contribution in [1.29, 1.82) is 0 Å². The molecule has 1 amide bonds. The van der Waals surface area contributed by atoms with Gasteiger partial charge in [0.25, 0.3) is 5.91 Å². The summed E-state index contributed by atoms with van der Waals surface area (Å²) in [6, 6.07) is 4.41. The summed E-state index contributed by atoms with van der Waals surface area (Å²) < 4.78 is 4.99. The highest BCUT2D eigenvalue weighted by Gasteiger charge is 2.19. The predicted molar refractivity (Wildman–Crippen MR) is 73.8 cm³/mol. The number of aromatic carboxylic acids is 1. The van der Waals surface area contributed by atoms with Crippen molar-refractivity contribution in [1.82, 2.24) is 9.88 Å². The third-order valence-electron chi connectivity index (χ3n) is 2.63. The zero-order chi connectivity index (χ0) is 15.1. The summed E-state index contributed by atoms with van der Waals surface area (Å²) in [5, 5.41) is 8.91. The fourth-order valence-electron chi connectivity index (χ4n) is 1.75. The zero-order valence-electron chi connectivity index (χ0n) is 12.0. The Morgan fingerprint density at radius 1 is 1.35 bits per heavy atom. The van der Waals surface area contributed by atoms with Gasteiger partial charge in [0.05, 0.1) is 6.61 Å². The lowest BCUT2D eigenvalue weighted by molar-refractivity contribution is 0.0664. The minimum atomic E-state index is -1.15. The smallest absolute Gasteiger partial charge is 0.354 e. The normalized spacial score (nSPS) is 10.6. The fraction of sp³-hybridized carbons (Fsp3) is 0.500. The summed E-state index contributed by atoms with van der Waals surface area (Å²) in [4.78, 5) is 28.8. The molecule has 0 bridgehead atoms. The molecule has 0 spiro atoms. The van der Waals surface area contributed by atoms with E-state index in [0.717, 1.165) is 0 Å². The maximum atomic E-state index is 12.4. The van der Waals surface area contributed by atoms with E-state index in [1.165, 1.54) is 18.2 Å². The molecule has 110 valence electrons. The number of pyridine rings is 1. The van der Waals surface area contributed by atoms with Gasteiger partial charge in [-0.15, -0.1) is 0 Å². The third-order valence-corrected chi connectivity index (χ3v) is 2.63. The molecule has 0 radical (unpaired) electrons. The molecule has 6 nitrogen and oxygen atoms in total. The lowest BCUT2D eigenvalue weighted by Crippen LogP contribution is -2.37. The fourth-order valence-corrected chi connectivity index (χ4v) is 1.75. The van der Waals surface area contributed by atoms with Crippen molar-refractivity contribution in [3.63, 3.8) is 0 Å². The molecule has 1 aromatic heterocycles. The first-order valence-corrected chi connectivity index (χ1v) is 6.44. The molecular weight excluding hydrogens is 260 g/mol. The highest BCUT2D eigenvalue weighted by molar-refractivity contribution is 5.94. The second kappa shape index (κ2) is 7.59. The van der Waals surface area contributed by atoms with Gasteiger partial charge in [-0.05, 0) is 18.1 Å². The van der Waals surface area contributed by atoms with E-state index in [1.807, 2.05) is 13.8 Å². The van der Waals surface area contributed by atoms with Crippen molar-refractivity contribution in [3.05, 3.63) is 29.6 Å². The number of rotatable bonds is 7. The minimum Gasteiger partial charge on any atom is -0.477 e. The predicted octanol–water partition coefficient (Wildman–Crippen LogP) is 1.52.